The van der Waals surface area contributed by atoms with Crippen molar-refractivity contribution in [3.63, 3.8) is 0 Å². The molecule has 3 heteroatoms. The summed E-state index contributed by atoms with van der Waals surface area (Å²) in [6.07, 6.45) is 2.86. The topological polar surface area (TPSA) is 40.1 Å². The summed E-state index contributed by atoms with van der Waals surface area (Å²) < 4.78 is 0. The molecule has 0 saturated heterocycles. The van der Waals surface area contributed by atoms with Gasteiger partial charge in [0.2, 0.25) is 0 Å². The Balaban J connectivity index is 0. The number of carbonyl (C=O) groups is 1. The average molecular weight is 160 g/mol. The van der Waals surface area contributed by atoms with Gasteiger partial charge < -0.3 is 9.90 Å². The molecular formula is C8H9NaO2. The number of carboxylic acid groups (broad SMARTS) is 1. The van der Waals surface area contributed by atoms with Crippen LogP contribution in [0.1, 0.15) is 6.92 Å². The first kappa shape index (κ1) is 13.3. The Labute approximate surface area is 88.6 Å². The van der Waals surface area contributed by atoms with E-state index in [1.807, 2.05) is 0 Å². The number of aliphatic carboxylic acids is 1. The van der Waals surface area contributed by atoms with Gasteiger partial charge in [-0.05, 0) is 18.1 Å². The van der Waals surface area contributed by atoms with Crippen LogP contribution in [0.3, 0.4) is 0 Å². The zero-order chi connectivity index (χ0) is 8.15. The van der Waals surface area contributed by atoms with Crippen LogP contribution in [0, 0.1) is 0 Å². The molecule has 2 nitrogen and oxygen atoms in total. The molecule has 54 valence electrons. The van der Waals surface area contributed by atoms with E-state index in [-0.39, 0.29) is 35.1 Å². The zero-order valence-corrected chi connectivity index (χ0v) is 8.89. The molecule has 0 aromatic rings. The smallest absolute Gasteiger partial charge is 0.545 e. The third-order valence-electron chi connectivity index (χ3n) is 1.18. The quantitative estimate of drug-likeness (QED) is 0.258. The monoisotopic (exact) mass is 160 g/mol. The third-order valence-corrected chi connectivity index (χ3v) is 1.18. The molecule has 0 unspecified atom stereocenters. The number of allylic oxidation sites excluding steroid dienone is 3. The molecule has 0 radical (unpaired) electrons. The summed E-state index contributed by atoms with van der Waals surface area (Å²) in [5, 5.41) is 10.2. The van der Waals surface area contributed by atoms with Gasteiger partial charge in [-0.3, -0.25) is 0 Å². The molecule has 0 saturated carbocycles. The van der Waals surface area contributed by atoms with Gasteiger partial charge in [0.1, 0.15) is 0 Å². The number of carbonyl (C=O) groups excluding carboxylic acids is 1. The Kier molecular flexibility index (Phi) is 7.74. The Morgan fingerprint density at radius 2 is 1.73 bits per heavy atom. The van der Waals surface area contributed by atoms with Gasteiger partial charge in [0.25, 0.3) is 0 Å². The molecule has 0 N–H and O–H groups in total. The number of carboxylic acids is 1. The summed E-state index contributed by atoms with van der Waals surface area (Å²) in [5.74, 6) is -1.19. The van der Waals surface area contributed by atoms with Gasteiger partial charge in [0, 0.05) is 0 Å². The van der Waals surface area contributed by atoms with Gasteiger partial charge in [-0.15, -0.1) is 0 Å². The molecule has 0 heterocycles. The Morgan fingerprint density at radius 3 is 1.82 bits per heavy atom. The second-order valence-electron chi connectivity index (χ2n) is 1.78. The van der Waals surface area contributed by atoms with Crippen LogP contribution in [-0.2, 0) is 4.79 Å². The van der Waals surface area contributed by atoms with Crippen molar-refractivity contribution in [2.45, 2.75) is 6.92 Å². The van der Waals surface area contributed by atoms with E-state index in [9.17, 15) is 9.90 Å². The summed E-state index contributed by atoms with van der Waals surface area (Å²) in [4.78, 5) is 10.2. The van der Waals surface area contributed by atoms with Crippen molar-refractivity contribution in [1.82, 2.24) is 0 Å². The van der Waals surface area contributed by atoms with Crippen LogP contribution in [0.15, 0.2) is 36.5 Å². The minimum atomic E-state index is -1.19. The molecule has 0 aromatic carbocycles. The van der Waals surface area contributed by atoms with Crippen molar-refractivity contribution < 1.29 is 39.5 Å². The maximum Gasteiger partial charge on any atom is 1.00 e. The van der Waals surface area contributed by atoms with E-state index in [4.69, 9.17) is 0 Å². The van der Waals surface area contributed by atoms with Crippen molar-refractivity contribution in [2.24, 2.45) is 0 Å². The SMILES string of the molecule is C=CC(C=C)=C(C)C(=O)[O-].[Na+]. The van der Waals surface area contributed by atoms with Gasteiger partial charge in [-0.2, -0.15) is 0 Å². The van der Waals surface area contributed by atoms with Crippen molar-refractivity contribution in [2.75, 3.05) is 0 Å². The standard InChI is InChI=1S/C8H10O2.Na/c1-4-7(5-2)6(3)8(9)10;/h4-5H,1-2H2,3H3,(H,9,10);/q;+1/p-1. The van der Waals surface area contributed by atoms with Crippen LogP contribution in [0.25, 0.3) is 0 Å². The van der Waals surface area contributed by atoms with E-state index in [0.29, 0.717) is 5.57 Å². The average Bonchev–Trinajstić information content (AvgIpc) is 1.90. The number of hydrogen-bond donors (Lipinski definition) is 0. The number of hydrogen-bond acceptors (Lipinski definition) is 2. The van der Waals surface area contributed by atoms with Crippen molar-refractivity contribution in [1.29, 1.82) is 0 Å². The molecule has 0 aliphatic heterocycles. The molecule has 0 amide bonds. The van der Waals surface area contributed by atoms with Crippen LogP contribution >= 0.6 is 0 Å². The molecule has 0 spiro atoms. The molecule has 0 atom stereocenters. The van der Waals surface area contributed by atoms with Gasteiger partial charge >= 0.3 is 29.6 Å². The van der Waals surface area contributed by atoms with Gasteiger partial charge in [-0.25, -0.2) is 0 Å². The van der Waals surface area contributed by atoms with Gasteiger partial charge in [0.15, 0.2) is 0 Å². The largest absolute Gasteiger partial charge is 1.00 e. The first-order valence-corrected chi connectivity index (χ1v) is 2.80. The van der Waals surface area contributed by atoms with Crippen molar-refractivity contribution in [3.8, 4) is 0 Å². The van der Waals surface area contributed by atoms with Crippen LogP contribution in [0.2, 0.25) is 0 Å². The molecule has 0 bridgehead atoms. The maximum atomic E-state index is 10.2. The van der Waals surface area contributed by atoms with E-state index >= 15 is 0 Å². The van der Waals surface area contributed by atoms with E-state index in [1.165, 1.54) is 19.1 Å². The first-order chi connectivity index (χ1) is 4.63. The fourth-order valence-corrected chi connectivity index (χ4v) is 0.507. The van der Waals surface area contributed by atoms with E-state index in [0.717, 1.165) is 0 Å². The third kappa shape index (κ3) is 4.19. The first-order valence-electron chi connectivity index (χ1n) is 2.80. The summed E-state index contributed by atoms with van der Waals surface area (Å²) in [5.41, 5.74) is 0.657. The minimum Gasteiger partial charge on any atom is -0.545 e. The molecule has 0 rings (SSSR count). The Hall–Kier alpha value is -0.310. The molecule has 11 heavy (non-hydrogen) atoms. The molecular weight excluding hydrogens is 151 g/mol. The molecule has 0 fully saturated rings. The fraction of sp³-hybridized carbons (Fsp3) is 0.125. The number of rotatable bonds is 3. The molecule has 0 aromatic heterocycles. The zero-order valence-electron chi connectivity index (χ0n) is 6.89. The van der Waals surface area contributed by atoms with E-state index in [1.54, 1.807) is 0 Å². The fourth-order valence-electron chi connectivity index (χ4n) is 0.507. The summed E-state index contributed by atoms with van der Waals surface area (Å²) >= 11 is 0. The normalized spacial score (nSPS) is 7.36. The predicted octanol–water partition coefficient (Wildman–Crippen LogP) is -2.57. The maximum absolute atomic E-state index is 10.2. The second kappa shape index (κ2) is 6.40. The van der Waals surface area contributed by atoms with E-state index < -0.39 is 5.97 Å². The van der Waals surface area contributed by atoms with Crippen LogP contribution in [0.5, 0.6) is 0 Å². The van der Waals surface area contributed by atoms with Crippen LogP contribution in [-0.4, -0.2) is 5.97 Å². The van der Waals surface area contributed by atoms with Crippen LogP contribution < -0.4 is 34.7 Å². The predicted molar refractivity (Wildman–Crippen MR) is 38.1 cm³/mol. The van der Waals surface area contributed by atoms with E-state index in [2.05, 4.69) is 13.2 Å². The van der Waals surface area contributed by atoms with Gasteiger partial charge in [-0.1, -0.05) is 25.3 Å². The van der Waals surface area contributed by atoms with Crippen LogP contribution in [0.4, 0.5) is 0 Å². The second-order valence-corrected chi connectivity index (χ2v) is 1.78. The van der Waals surface area contributed by atoms with Gasteiger partial charge in [0.05, 0.1) is 5.97 Å². The van der Waals surface area contributed by atoms with Crippen molar-refractivity contribution in [3.05, 3.63) is 36.5 Å². The van der Waals surface area contributed by atoms with Crippen molar-refractivity contribution >= 4 is 5.97 Å². The Bertz CT molecular complexity index is 194. The summed E-state index contributed by atoms with van der Waals surface area (Å²) in [6, 6.07) is 0. The molecule has 0 aliphatic carbocycles. The summed E-state index contributed by atoms with van der Waals surface area (Å²) in [7, 11) is 0. The summed E-state index contributed by atoms with van der Waals surface area (Å²) in [6.45, 7) is 8.28. The minimum absolute atomic E-state index is 0. The Morgan fingerprint density at radius 1 is 1.36 bits per heavy atom. The molecule has 0 aliphatic rings.